The highest BCUT2D eigenvalue weighted by Gasteiger charge is 2.24. The largest absolute Gasteiger partial charge is 0.381 e. The number of ether oxygens (including phenoxy) is 1. The Hall–Kier alpha value is -0.700. The Labute approximate surface area is 124 Å². The third-order valence-corrected chi connectivity index (χ3v) is 6.78. The van der Waals surface area contributed by atoms with Crippen molar-refractivity contribution in [3.8, 4) is 0 Å². The van der Waals surface area contributed by atoms with Crippen LogP contribution in [0.2, 0.25) is 0 Å². The van der Waals surface area contributed by atoms with E-state index in [1.54, 1.807) is 6.92 Å². The Bertz CT molecular complexity index is 548. The molecule has 0 radical (unpaired) electrons. The lowest BCUT2D eigenvalue weighted by molar-refractivity contribution is 0.0595. The number of aromatic nitrogens is 1. The molecule has 0 aliphatic carbocycles. The van der Waals surface area contributed by atoms with Gasteiger partial charge < -0.3 is 10.1 Å². The summed E-state index contributed by atoms with van der Waals surface area (Å²) in [5, 5.41) is 3.89. The van der Waals surface area contributed by atoms with Gasteiger partial charge in [0.1, 0.15) is 0 Å². The molecular formula is C12H21N3O3S2. The molecule has 1 aromatic heterocycles. The van der Waals surface area contributed by atoms with Crippen molar-refractivity contribution in [1.29, 1.82) is 0 Å². The quantitative estimate of drug-likeness (QED) is 0.891. The van der Waals surface area contributed by atoms with Gasteiger partial charge in [-0.2, -0.15) is 0 Å². The molecule has 0 aromatic carbocycles. The number of rotatable bonds is 5. The van der Waals surface area contributed by atoms with Crippen molar-refractivity contribution in [3.05, 3.63) is 5.69 Å². The van der Waals surface area contributed by atoms with E-state index >= 15 is 0 Å². The third kappa shape index (κ3) is 3.49. The van der Waals surface area contributed by atoms with Gasteiger partial charge in [0.15, 0.2) is 9.34 Å². The molecule has 6 nitrogen and oxygen atoms in total. The van der Waals surface area contributed by atoms with Crippen molar-refractivity contribution >= 4 is 26.5 Å². The van der Waals surface area contributed by atoms with Crippen LogP contribution in [0.4, 0.5) is 5.13 Å². The lowest BCUT2D eigenvalue weighted by atomic mass is 10.0. The molecule has 1 aromatic rings. The zero-order valence-corrected chi connectivity index (χ0v) is 13.7. The maximum absolute atomic E-state index is 12.1. The number of hydrogen-bond donors (Lipinski definition) is 1. The Balaban J connectivity index is 2.04. The van der Waals surface area contributed by atoms with Gasteiger partial charge in [-0.25, -0.2) is 17.7 Å². The molecule has 1 saturated heterocycles. The summed E-state index contributed by atoms with van der Waals surface area (Å²) >= 11 is 1.19. The van der Waals surface area contributed by atoms with Gasteiger partial charge in [0, 0.05) is 27.2 Å². The number of aryl methyl sites for hydroxylation is 1. The molecule has 1 atom stereocenters. The van der Waals surface area contributed by atoms with Gasteiger partial charge in [-0.1, -0.05) is 11.3 Å². The van der Waals surface area contributed by atoms with Gasteiger partial charge in [-0.05, 0) is 25.7 Å². The first-order chi connectivity index (χ1) is 9.41. The summed E-state index contributed by atoms with van der Waals surface area (Å²) in [6.45, 7) is 4.11. The lowest BCUT2D eigenvalue weighted by Gasteiger charge is -2.21. The van der Waals surface area contributed by atoms with E-state index in [0.717, 1.165) is 32.6 Å². The fourth-order valence-corrected chi connectivity index (χ4v) is 4.63. The summed E-state index contributed by atoms with van der Waals surface area (Å²) in [7, 11) is -0.348. The van der Waals surface area contributed by atoms with Crippen LogP contribution >= 0.6 is 11.3 Å². The standard InChI is InChI=1S/C12H21N3O3S2/c1-9-11(20(16,17)15(2)3)19-12(14-9)13-7-10-5-4-6-18-8-10/h10H,4-8H2,1-3H3,(H,13,14). The smallest absolute Gasteiger partial charge is 0.254 e. The Kier molecular flexibility index (Phi) is 5.00. The SMILES string of the molecule is Cc1nc(NCC2CCCOC2)sc1S(=O)(=O)N(C)C. The summed E-state index contributed by atoms with van der Waals surface area (Å²) < 4.78 is 31.2. The van der Waals surface area contributed by atoms with E-state index in [-0.39, 0.29) is 0 Å². The van der Waals surface area contributed by atoms with Crippen molar-refractivity contribution in [2.45, 2.75) is 24.0 Å². The first-order valence-electron chi connectivity index (χ1n) is 6.63. The van der Waals surface area contributed by atoms with Crippen LogP contribution in [0.3, 0.4) is 0 Å². The maximum atomic E-state index is 12.1. The van der Waals surface area contributed by atoms with Crippen LogP contribution in [0, 0.1) is 12.8 Å². The molecular weight excluding hydrogens is 298 g/mol. The number of sulfonamides is 1. The van der Waals surface area contributed by atoms with Crippen molar-refractivity contribution in [1.82, 2.24) is 9.29 Å². The molecule has 1 aliphatic rings. The molecule has 114 valence electrons. The fourth-order valence-electron chi connectivity index (χ4n) is 2.06. The monoisotopic (exact) mass is 319 g/mol. The van der Waals surface area contributed by atoms with Crippen LogP contribution in [-0.4, -0.2) is 51.6 Å². The fraction of sp³-hybridized carbons (Fsp3) is 0.750. The highest BCUT2D eigenvalue weighted by Crippen LogP contribution is 2.29. The highest BCUT2D eigenvalue weighted by atomic mass is 32.2. The lowest BCUT2D eigenvalue weighted by Crippen LogP contribution is -2.24. The van der Waals surface area contributed by atoms with E-state index in [2.05, 4.69) is 10.3 Å². The number of thiazole rings is 1. The number of anilines is 1. The average Bonchev–Trinajstić information content (AvgIpc) is 2.79. The second-order valence-electron chi connectivity index (χ2n) is 5.14. The normalized spacial score (nSPS) is 20.3. The number of hydrogen-bond acceptors (Lipinski definition) is 6. The van der Waals surface area contributed by atoms with Gasteiger partial charge in [-0.15, -0.1) is 0 Å². The molecule has 1 N–H and O–H groups in total. The zero-order chi connectivity index (χ0) is 14.8. The second kappa shape index (κ2) is 6.38. The zero-order valence-electron chi connectivity index (χ0n) is 12.0. The minimum absolute atomic E-state index is 0.310. The van der Waals surface area contributed by atoms with E-state index in [1.807, 2.05) is 0 Å². The van der Waals surface area contributed by atoms with E-state index in [4.69, 9.17) is 4.74 Å². The van der Waals surface area contributed by atoms with Crippen LogP contribution < -0.4 is 5.32 Å². The van der Waals surface area contributed by atoms with Crippen molar-refractivity contribution in [2.75, 3.05) is 39.2 Å². The summed E-state index contributed by atoms with van der Waals surface area (Å²) in [6, 6.07) is 0. The van der Waals surface area contributed by atoms with E-state index in [0.29, 0.717) is 21.0 Å². The molecule has 20 heavy (non-hydrogen) atoms. The maximum Gasteiger partial charge on any atom is 0.254 e. The van der Waals surface area contributed by atoms with Gasteiger partial charge in [0.2, 0.25) is 0 Å². The molecule has 0 saturated carbocycles. The molecule has 8 heteroatoms. The first kappa shape index (κ1) is 15.7. The van der Waals surface area contributed by atoms with Crippen molar-refractivity contribution in [2.24, 2.45) is 5.92 Å². The van der Waals surface area contributed by atoms with E-state index in [9.17, 15) is 8.42 Å². The van der Waals surface area contributed by atoms with Gasteiger partial charge in [0.05, 0.1) is 12.3 Å². The molecule has 0 spiro atoms. The molecule has 2 rings (SSSR count). The van der Waals surface area contributed by atoms with Crippen LogP contribution in [0.5, 0.6) is 0 Å². The second-order valence-corrected chi connectivity index (χ2v) is 8.49. The van der Waals surface area contributed by atoms with E-state index < -0.39 is 10.0 Å². The van der Waals surface area contributed by atoms with E-state index in [1.165, 1.54) is 29.7 Å². The molecule has 0 bridgehead atoms. The minimum Gasteiger partial charge on any atom is -0.381 e. The Morgan fingerprint density at radius 2 is 2.25 bits per heavy atom. The molecule has 1 fully saturated rings. The molecule has 2 heterocycles. The predicted molar refractivity (Wildman–Crippen MR) is 79.8 cm³/mol. The van der Waals surface area contributed by atoms with Crippen LogP contribution in [0.25, 0.3) is 0 Å². The van der Waals surface area contributed by atoms with Gasteiger partial charge in [-0.3, -0.25) is 0 Å². The summed E-state index contributed by atoms with van der Waals surface area (Å²) in [5.41, 5.74) is 0.547. The van der Waals surface area contributed by atoms with Crippen molar-refractivity contribution < 1.29 is 13.2 Å². The Morgan fingerprint density at radius 1 is 1.50 bits per heavy atom. The Morgan fingerprint density at radius 3 is 2.85 bits per heavy atom. The predicted octanol–water partition coefficient (Wildman–Crippen LogP) is 1.54. The topological polar surface area (TPSA) is 71.5 Å². The highest BCUT2D eigenvalue weighted by molar-refractivity contribution is 7.91. The molecule has 0 amide bonds. The third-order valence-electron chi connectivity index (χ3n) is 3.27. The number of nitrogens with zero attached hydrogens (tertiary/aromatic N) is 2. The summed E-state index contributed by atoms with van der Waals surface area (Å²) in [6.07, 6.45) is 2.23. The summed E-state index contributed by atoms with van der Waals surface area (Å²) in [5.74, 6) is 0.474. The van der Waals surface area contributed by atoms with Gasteiger partial charge >= 0.3 is 0 Å². The minimum atomic E-state index is -3.41. The molecule has 1 unspecified atom stereocenters. The number of nitrogens with one attached hydrogen (secondary N) is 1. The van der Waals surface area contributed by atoms with Crippen LogP contribution in [-0.2, 0) is 14.8 Å². The van der Waals surface area contributed by atoms with Gasteiger partial charge in [0.25, 0.3) is 10.0 Å². The van der Waals surface area contributed by atoms with Crippen LogP contribution in [0.15, 0.2) is 4.21 Å². The summed E-state index contributed by atoms with van der Waals surface area (Å²) in [4.78, 5) is 4.30. The average molecular weight is 319 g/mol. The van der Waals surface area contributed by atoms with Crippen LogP contribution in [0.1, 0.15) is 18.5 Å². The van der Waals surface area contributed by atoms with Crippen molar-refractivity contribution in [3.63, 3.8) is 0 Å². The first-order valence-corrected chi connectivity index (χ1v) is 8.88. The molecule has 1 aliphatic heterocycles.